The maximum atomic E-state index is 2.49. The van der Waals surface area contributed by atoms with Crippen LogP contribution in [0.15, 0.2) is 170 Å². The molecule has 0 unspecified atom stereocenters. The van der Waals surface area contributed by atoms with Crippen LogP contribution in [0.25, 0.3) is 66.1 Å². The fraction of sp³-hybridized carbons (Fsp3) is 0.0638. The average molecular weight is 599 g/mol. The molecule has 0 atom stereocenters. The molecular formula is C47H34. The van der Waals surface area contributed by atoms with E-state index in [1.165, 1.54) is 88.3 Å². The molecule has 0 heteroatoms. The first-order valence-electron chi connectivity index (χ1n) is 16.8. The van der Waals surface area contributed by atoms with Gasteiger partial charge in [0.05, 0.1) is 5.41 Å². The third-order valence-corrected chi connectivity index (χ3v) is 10.3. The van der Waals surface area contributed by atoms with E-state index in [0.29, 0.717) is 0 Å². The largest absolute Gasteiger partial charge is 0.0725 e. The van der Waals surface area contributed by atoms with Crippen molar-refractivity contribution in [3.63, 3.8) is 0 Å². The van der Waals surface area contributed by atoms with E-state index in [9.17, 15) is 0 Å². The Labute approximate surface area is 276 Å². The summed E-state index contributed by atoms with van der Waals surface area (Å²) in [4.78, 5) is 0. The Morgan fingerprint density at radius 2 is 0.660 bits per heavy atom. The molecule has 2 aliphatic rings. The van der Waals surface area contributed by atoms with Gasteiger partial charge in [-0.1, -0.05) is 172 Å². The number of fused-ring (bicyclic) bond motifs is 12. The smallest absolute Gasteiger partial charge is 0.0683 e. The van der Waals surface area contributed by atoms with E-state index in [0.717, 1.165) is 0 Å². The predicted octanol–water partition coefficient (Wildman–Crippen LogP) is 12.7. The van der Waals surface area contributed by atoms with Crippen molar-refractivity contribution in [3.8, 4) is 44.5 Å². The molecule has 47 heavy (non-hydrogen) atoms. The SMILES string of the molecule is CC.c1ccc2c(c1)-c1ccccc1C21c2cc(-c3cccc4ccccc34)ccc2-c2ccc(-c3cccc4ccccc34)cc21. The van der Waals surface area contributed by atoms with Crippen LogP contribution in [0.5, 0.6) is 0 Å². The van der Waals surface area contributed by atoms with Crippen molar-refractivity contribution in [2.75, 3.05) is 0 Å². The molecule has 0 nitrogen and oxygen atoms in total. The van der Waals surface area contributed by atoms with Crippen LogP contribution in [-0.2, 0) is 5.41 Å². The van der Waals surface area contributed by atoms with Gasteiger partial charge in [-0.15, -0.1) is 0 Å². The number of benzene rings is 8. The van der Waals surface area contributed by atoms with Gasteiger partial charge in [-0.05, 0) is 100 Å². The fourth-order valence-electron chi connectivity index (χ4n) is 8.43. The van der Waals surface area contributed by atoms with E-state index in [1.54, 1.807) is 0 Å². The van der Waals surface area contributed by atoms with E-state index >= 15 is 0 Å². The lowest BCUT2D eigenvalue weighted by molar-refractivity contribution is 0.794. The molecule has 2 aliphatic carbocycles. The molecule has 1 spiro atoms. The van der Waals surface area contributed by atoms with Crippen LogP contribution < -0.4 is 0 Å². The van der Waals surface area contributed by atoms with Crippen LogP contribution in [-0.4, -0.2) is 0 Å². The van der Waals surface area contributed by atoms with Gasteiger partial charge in [0.2, 0.25) is 0 Å². The first kappa shape index (κ1) is 27.6. The molecule has 0 aromatic heterocycles. The van der Waals surface area contributed by atoms with Gasteiger partial charge in [0, 0.05) is 0 Å². The summed E-state index contributed by atoms with van der Waals surface area (Å²) in [7, 11) is 0. The van der Waals surface area contributed by atoms with Crippen molar-refractivity contribution in [1.29, 1.82) is 0 Å². The summed E-state index contributed by atoms with van der Waals surface area (Å²) in [5, 5.41) is 5.11. The molecule has 0 fully saturated rings. The Morgan fingerprint density at radius 3 is 1.15 bits per heavy atom. The molecule has 8 aromatic rings. The van der Waals surface area contributed by atoms with E-state index in [-0.39, 0.29) is 0 Å². The molecule has 10 rings (SSSR count). The van der Waals surface area contributed by atoms with Gasteiger partial charge >= 0.3 is 0 Å². The molecular weight excluding hydrogens is 565 g/mol. The molecule has 8 aromatic carbocycles. The lowest BCUT2D eigenvalue weighted by Gasteiger charge is -2.31. The molecule has 0 saturated heterocycles. The summed E-state index contributed by atoms with van der Waals surface area (Å²) in [6, 6.07) is 63.3. The molecule has 0 heterocycles. The Hall–Kier alpha value is -5.72. The van der Waals surface area contributed by atoms with Crippen LogP contribution in [0.2, 0.25) is 0 Å². The van der Waals surface area contributed by atoms with Crippen molar-refractivity contribution >= 4 is 21.5 Å². The third-order valence-electron chi connectivity index (χ3n) is 10.3. The highest BCUT2D eigenvalue weighted by molar-refractivity contribution is 6.02. The van der Waals surface area contributed by atoms with Crippen LogP contribution >= 0.6 is 0 Å². The first-order valence-corrected chi connectivity index (χ1v) is 16.8. The van der Waals surface area contributed by atoms with Gasteiger partial charge in [-0.25, -0.2) is 0 Å². The van der Waals surface area contributed by atoms with Crippen LogP contribution in [0.1, 0.15) is 36.1 Å². The van der Waals surface area contributed by atoms with Crippen molar-refractivity contribution in [2.24, 2.45) is 0 Å². The van der Waals surface area contributed by atoms with Gasteiger partial charge in [-0.3, -0.25) is 0 Å². The van der Waals surface area contributed by atoms with E-state index < -0.39 is 5.41 Å². The topological polar surface area (TPSA) is 0 Å². The van der Waals surface area contributed by atoms with E-state index in [1.807, 2.05) is 13.8 Å². The van der Waals surface area contributed by atoms with Gasteiger partial charge in [0.15, 0.2) is 0 Å². The van der Waals surface area contributed by atoms with Crippen molar-refractivity contribution in [2.45, 2.75) is 19.3 Å². The molecule has 222 valence electrons. The van der Waals surface area contributed by atoms with Gasteiger partial charge in [0.25, 0.3) is 0 Å². The minimum absolute atomic E-state index is 0.404. The number of hydrogen-bond acceptors (Lipinski definition) is 0. The van der Waals surface area contributed by atoms with Gasteiger partial charge in [-0.2, -0.15) is 0 Å². The second kappa shape index (κ2) is 10.7. The maximum absolute atomic E-state index is 2.49. The zero-order chi connectivity index (χ0) is 31.5. The van der Waals surface area contributed by atoms with Crippen molar-refractivity contribution in [1.82, 2.24) is 0 Å². The average Bonchev–Trinajstić information content (AvgIpc) is 3.62. The Bertz CT molecular complexity index is 2310. The van der Waals surface area contributed by atoms with Crippen LogP contribution in [0.4, 0.5) is 0 Å². The summed E-state index contributed by atoms with van der Waals surface area (Å²) >= 11 is 0. The molecule has 0 bridgehead atoms. The zero-order valence-electron chi connectivity index (χ0n) is 26.7. The van der Waals surface area contributed by atoms with Crippen molar-refractivity contribution in [3.05, 3.63) is 192 Å². The molecule has 0 aliphatic heterocycles. The Balaban J connectivity index is 0.00000149. The standard InChI is InChI=1S/C45H28.C2H6/c1-3-15-33-29(11-1)13-9-19-35(33)31-23-25-39-40-26-24-32(36-20-10-14-30-12-2-4-16-34(30)36)28-44(40)45(43(39)27-31)41-21-7-5-17-37(41)38-18-6-8-22-42(38)45;1-2/h1-28H;1-2H3. The van der Waals surface area contributed by atoms with E-state index in [4.69, 9.17) is 0 Å². The number of rotatable bonds is 2. The maximum Gasteiger partial charge on any atom is 0.0725 e. The monoisotopic (exact) mass is 598 g/mol. The predicted molar refractivity (Wildman–Crippen MR) is 200 cm³/mol. The highest BCUT2D eigenvalue weighted by atomic mass is 14.5. The highest BCUT2D eigenvalue weighted by Crippen LogP contribution is 2.63. The Morgan fingerprint density at radius 1 is 0.298 bits per heavy atom. The Kier molecular flexibility index (Phi) is 6.27. The fourth-order valence-corrected chi connectivity index (χ4v) is 8.43. The van der Waals surface area contributed by atoms with Crippen LogP contribution in [0.3, 0.4) is 0 Å². The summed E-state index contributed by atoms with van der Waals surface area (Å²) in [6.07, 6.45) is 0. The molecule has 0 radical (unpaired) electrons. The molecule has 0 N–H and O–H groups in total. The van der Waals surface area contributed by atoms with Crippen LogP contribution in [0, 0.1) is 0 Å². The summed E-state index contributed by atoms with van der Waals surface area (Å²) in [6.45, 7) is 4.00. The summed E-state index contributed by atoms with van der Waals surface area (Å²) in [5.41, 5.74) is 15.5. The first-order chi connectivity index (χ1) is 23.3. The lowest BCUT2D eigenvalue weighted by Crippen LogP contribution is -2.26. The minimum atomic E-state index is -0.404. The number of hydrogen-bond donors (Lipinski definition) is 0. The second-order valence-electron chi connectivity index (χ2n) is 12.4. The third kappa shape index (κ3) is 3.82. The van der Waals surface area contributed by atoms with Gasteiger partial charge in [0.1, 0.15) is 0 Å². The van der Waals surface area contributed by atoms with E-state index in [2.05, 4.69) is 170 Å². The highest BCUT2D eigenvalue weighted by Gasteiger charge is 2.51. The lowest BCUT2D eigenvalue weighted by atomic mass is 9.70. The quantitative estimate of drug-likeness (QED) is 0.186. The molecule has 0 amide bonds. The van der Waals surface area contributed by atoms with Gasteiger partial charge < -0.3 is 0 Å². The normalized spacial score (nSPS) is 13.1. The van der Waals surface area contributed by atoms with Crippen molar-refractivity contribution < 1.29 is 0 Å². The zero-order valence-corrected chi connectivity index (χ0v) is 26.7. The second-order valence-corrected chi connectivity index (χ2v) is 12.4. The minimum Gasteiger partial charge on any atom is -0.0683 e. The molecule has 0 saturated carbocycles. The summed E-state index contributed by atoms with van der Waals surface area (Å²) < 4.78 is 0. The summed E-state index contributed by atoms with van der Waals surface area (Å²) in [5.74, 6) is 0.